The van der Waals surface area contributed by atoms with Crippen molar-refractivity contribution >= 4 is 55.1 Å². The number of fused-ring (bicyclic) bond motifs is 1. The molecule has 20 heavy (non-hydrogen) atoms. The molecule has 2 nitrogen and oxygen atoms in total. The summed E-state index contributed by atoms with van der Waals surface area (Å²) in [6, 6.07) is 9.08. The summed E-state index contributed by atoms with van der Waals surface area (Å²) < 4.78 is 17.6. The minimum atomic E-state index is -0.311. The predicted molar refractivity (Wildman–Crippen MR) is 88.6 cm³/mol. The minimum Gasteiger partial charge on any atom is -0.330 e. The SMILES string of the molecule is Cc1cc(-n2c(=S)[nH]c3cc(Br)c(F)cc32)ccc1Br. The molecule has 0 radical (unpaired) electrons. The molecule has 3 rings (SSSR count). The van der Waals surface area contributed by atoms with Crippen molar-refractivity contribution in [3.63, 3.8) is 0 Å². The first kappa shape index (κ1) is 14.0. The number of hydrogen-bond acceptors (Lipinski definition) is 1. The Hall–Kier alpha value is -0.980. The summed E-state index contributed by atoms with van der Waals surface area (Å²) in [6.07, 6.45) is 0. The van der Waals surface area contributed by atoms with Crippen LogP contribution in [-0.4, -0.2) is 9.55 Å². The smallest absolute Gasteiger partial charge is 0.182 e. The van der Waals surface area contributed by atoms with Crippen LogP contribution in [0.3, 0.4) is 0 Å². The second-order valence-electron chi connectivity index (χ2n) is 4.48. The van der Waals surface area contributed by atoms with Crippen LogP contribution >= 0.6 is 44.1 Å². The van der Waals surface area contributed by atoms with Gasteiger partial charge in [-0.05, 0) is 64.9 Å². The molecule has 1 N–H and O–H groups in total. The van der Waals surface area contributed by atoms with Gasteiger partial charge in [-0.3, -0.25) is 4.57 Å². The van der Waals surface area contributed by atoms with Gasteiger partial charge in [0.15, 0.2) is 4.77 Å². The molecule has 0 bridgehead atoms. The van der Waals surface area contributed by atoms with Crippen molar-refractivity contribution in [3.05, 3.63) is 55.4 Å². The Labute approximate surface area is 136 Å². The Morgan fingerprint density at radius 3 is 2.60 bits per heavy atom. The van der Waals surface area contributed by atoms with Gasteiger partial charge >= 0.3 is 0 Å². The first-order valence-corrected chi connectivity index (χ1v) is 7.83. The van der Waals surface area contributed by atoms with Gasteiger partial charge in [-0.1, -0.05) is 15.9 Å². The zero-order valence-electron chi connectivity index (χ0n) is 10.4. The van der Waals surface area contributed by atoms with E-state index in [4.69, 9.17) is 12.2 Å². The largest absolute Gasteiger partial charge is 0.330 e. The molecular formula is C14H9Br2FN2S. The Kier molecular flexibility index (Phi) is 3.56. The van der Waals surface area contributed by atoms with Crippen molar-refractivity contribution in [2.24, 2.45) is 0 Å². The fraction of sp³-hybridized carbons (Fsp3) is 0.0714. The van der Waals surface area contributed by atoms with Gasteiger partial charge in [0.1, 0.15) is 5.82 Å². The number of nitrogens with zero attached hydrogens (tertiary/aromatic N) is 1. The molecule has 6 heteroatoms. The topological polar surface area (TPSA) is 20.7 Å². The van der Waals surface area contributed by atoms with E-state index in [0.29, 0.717) is 9.24 Å². The maximum atomic E-state index is 13.8. The molecule has 0 aliphatic rings. The van der Waals surface area contributed by atoms with Crippen LogP contribution in [-0.2, 0) is 0 Å². The van der Waals surface area contributed by atoms with Crippen molar-refractivity contribution < 1.29 is 4.39 Å². The summed E-state index contributed by atoms with van der Waals surface area (Å²) in [7, 11) is 0. The molecule has 0 aliphatic carbocycles. The van der Waals surface area contributed by atoms with Crippen molar-refractivity contribution in [2.45, 2.75) is 6.92 Å². The third kappa shape index (κ3) is 2.25. The van der Waals surface area contributed by atoms with Crippen LogP contribution in [0.1, 0.15) is 5.56 Å². The summed E-state index contributed by atoms with van der Waals surface area (Å²) in [6.45, 7) is 2.00. The zero-order valence-corrected chi connectivity index (χ0v) is 14.4. The van der Waals surface area contributed by atoms with E-state index in [2.05, 4.69) is 36.8 Å². The number of aryl methyl sites for hydroxylation is 1. The first-order valence-electron chi connectivity index (χ1n) is 5.83. The standard InChI is InChI=1S/C14H9Br2FN2S/c1-7-4-8(2-3-9(7)15)19-13-6-11(17)10(16)5-12(13)18-14(19)20/h2-6H,1H3,(H,18,20). The van der Waals surface area contributed by atoms with Gasteiger partial charge in [0, 0.05) is 16.2 Å². The van der Waals surface area contributed by atoms with E-state index in [1.807, 2.05) is 29.7 Å². The second-order valence-corrected chi connectivity index (χ2v) is 6.58. The molecule has 102 valence electrons. The molecule has 1 aromatic heterocycles. The Bertz CT molecular complexity index is 883. The van der Waals surface area contributed by atoms with Crippen LogP contribution in [0, 0.1) is 17.5 Å². The Morgan fingerprint density at radius 2 is 1.90 bits per heavy atom. The number of hydrogen-bond donors (Lipinski definition) is 1. The van der Waals surface area contributed by atoms with Crippen LogP contribution in [0.15, 0.2) is 39.3 Å². The van der Waals surface area contributed by atoms with Crippen LogP contribution < -0.4 is 0 Å². The highest BCUT2D eigenvalue weighted by atomic mass is 79.9. The van der Waals surface area contributed by atoms with E-state index >= 15 is 0 Å². The summed E-state index contributed by atoms with van der Waals surface area (Å²) in [4.78, 5) is 3.10. The van der Waals surface area contributed by atoms with Gasteiger partial charge in [0.05, 0.1) is 15.5 Å². The van der Waals surface area contributed by atoms with E-state index in [1.54, 1.807) is 6.07 Å². The number of benzene rings is 2. The highest BCUT2D eigenvalue weighted by molar-refractivity contribution is 9.10. The van der Waals surface area contributed by atoms with Gasteiger partial charge in [0.2, 0.25) is 0 Å². The lowest BCUT2D eigenvalue weighted by Crippen LogP contribution is -1.95. The quantitative estimate of drug-likeness (QED) is 0.508. The number of H-pyrrole nitrogens is 1. The van der Waals surface area contributed by atoms with E-state index in [0.717, 1.165) is 26.8 Å². The van der Waals surface area contributed by atoms with E-state index in [9.17, 15) is 4.39 Å². The van der Waals surface area contributed by atoms with Crippen molar-refractivity contribution in [2.75, 3.05) is 0 Å². The fourth-order valence-electron chi connectivity index (χ4n) is 2.13. The highest BCUT2D eigenvalue weighted by Crippen LogP contribution is 2.27. The molecule has 0 fully saturated rings. The van der Waals surface area contributed by atoms with E-state index < -0.39 is 0 Å². The monoisotopic (exact) mass is 414 g/mol. The molecular weight excluding hydrogens is 407 g/mol. The lowest BCUT2D eigenvalue weighted by molar-refractivity contribution is 0.622. The van der Waals surface area contributed by atoms with Gasteiger partial charge in [0.25, 0.3) is 0 Å². The number of aromatic amines is 1. The summed E-state index contributed by atoms with van der Waals surface area (Å²) in [5, 5.41) is 0. The van der Waals surface area contributed by atoms with Gasteiger partial charge in [-0.15, -0.1) is 0 Å². The summed E-state index contributed by atoms with van der Waals surface area (Å²) in [5.74, 6) is -0.311. The van der Waals surface area contributed by atoms with Crippen molar-refractivity contribution in [1.82, 2.24) is 9.55 Å². The molecule has 0 atom stereocenters. The molecule has 0 amide bonds. The number of halogens is 3. The highest BCUT2D eigenvalue weighted by Gasteiger charge is 2.11. The molecule has 0 aliphatic heterocycles. The fourth-order valence-corrected chi connectivity index (χ4v) is 3.03. The van der Waals surface area contributed by atoms with Crippen molar-refractivity contribution in [3.8, 4) is 5.69 Å². The predicted octanol–water partition coefficient (Wildman–Crippen LogP) is 5.66. The van der Waals surface area contributed by atoms with Crippen molar-refractivity contribution in [1.29, 1.82) is 0 Å². The maximum absolute atomic E-state index is 13.8. The van der Waals surface area contributed by atoms with E-state index in [1.165, 1.54) is 6.07 Å². The van der Waals surface area contributed by atoms with Gasteiger partial charge in [-0.2, -0.15) is 0 Å². The van der Waals surface area contributed by atoms with Crippen LogP contribution in [0.25, 0.3) is 16.7 Å². The zero-order chi connectivity index (χ0) is 14.4. The molecule has 0 unspecified atom stereocenters. The minimum absolute atomic E-state index is 0.311. The molecule has 0 spiro atoms. The van der Waals surface area contributed by atoms with Crippen LogP contribution in [0.5, 0.6) is 0 Å². The lowest BCUT2D eigenvalue weighted by atomic mass is 10.2. The third-order valence-electron chi connectivity index (χ3n) is 3.12. The summed E-state index contributed by atoms with van der Waals surface area (Å²) in [5.41, 5.74) is 3.52. The molecule has 3 aromatic rings. The van der Waals surface area contributed by atoms with Crippen LogP contribution in [0.2, 0.25) is 0 Å². The van der Waals surface area contributed by atoms with E-state index in [-0.39, 0.29) is 5.82 Å². The van der Waals surface area contributed by atoms with Gasteiger partial charge < -0.3 is 4.98 Å². The molecule has 0 saturated heterocycles. The Balaban J connectivity index is 2.35. The average Bonchev–Trinajstić information content (AvgIpc) is 2.69. The summed E-state index contributed by atoms with van der Waals surface area (Å²) >= 11 is 12.0. The second kappa shape index (κ2) is 5.09. The number of imidazole rings is 1. The maximum Gasteiger partial charge on any atom is 0.182 e. The molecule has 0 saturated carbocycles. The lowest BCUT2D eigenvalue weighted by Gasteiger charge is -2.07. The number of rotatable bonds is 1. The Morgan fingerprint density at radius 1 is 1.15 bits per heavy atom. The number of nitrogens with one attached hydrogen (secondary N) is 1. The number of aromatic nitrogens is 2. The normalized spacial score (nSPS) is 11.2. The molecule has 2 aromatic carbocycles. The third-order valence-corrected chi connectivity index (χ3v) is 4.91. The van der Waals surface area contributed by atoms with Gasteiger partial charge in [-0.25, -0.2) is 4.39 Å². The average molecular weight is 416 g/mol. The first-order chi connectivity index (χ1) is 9.47. The van der Waals surface area contributed by atoms with Crippen LogP contribution in [0.4, 0.5) is 4.39 Å². The molecule has 1 heterocycles.